The molecule has 0 radical (unpaired) electrons. The molecule has 0 saturated carbocycles. The molecule has 3 saturated heterocycles. The molecule has 3 aliphatic heterocycles. The van der Waals surface area contributed by atoms with Crippen LogP contribution in [0.5, 0.6) is 5.75 Å². The molecule has 1 aromatic rings. The average Bonchev–Trinajstić information content (AvgIpc) is 3.55. The lowest BCUT2D eigenvalue weighted by Crippen LogP contribution is -2.56. The molecule has 0 aliphatic carbocycles. The summed E-state index contributed by atoms with van der Waals surface area (Å²) in [5.74, 6) is -2.15. The quantitative estimate of drug-likeness (QED) is 0.219. The first-order chi connectivity index (χ1) is 18.8. The normalized spacial score (nSPS) is 28.7. The molecule has 4 rings (SSSR count). The largest absolute Gasteiger partial charge is 0.497 e. The smallest absolute Gasteiger partial charge is 0.312 e. The summed E-state index contributed by atoms with van der Waals surface area (Å²) in [5, 5.41) is 9.86. The fourth-order valence-electron chi connectivity index (χ4n) is 6.72. The van der Waals surface area contributed by atoms with Gasteiger partial charge in [0.2, 0.25) is 5.91 Å². The van der Waals surface area contributed by atoms with Gasteiger partial charge in [0.25, 0.3) is 5.91 Å². The first-order valence-electron chi connectivity index (χ1n) is 13.8. The van der Waals surface area contributed by atoms with Gasteiger partial charge in [-0.05, 0) is 62.8 Å². The third-order valence-corrected chi connectivity index (χ3v) is 8.52. The van der Waals surface area contributed by atoms with Crippen LogP contribution in [-0.2, 0) is 23.9 Å². The van der Waals surface area contributed by atoms with Gasteiger partial charge in [-0.3, -0.25) is 14.4 Å². The van der Waals surface area contributed by atoms with E-state index in [1.807, 2.05) is 13.0 Å². The number of hydrogen-bond donors (Lipinski definition) is 1. The number of benzene rings is 1. The number of rotatable bonds is 14. The Morgan fingerprint density at radius 2 is 1.95 bits per heavy atom. The van der Waals surface area contributed by atoms with Crippen LogP contribution in [0.15, 0.2) is 49.6 Å². The van der Waals surface area contributed by atoms with Crippen molar-refractivity contribution >= 4 is 23.5 Å². The number of β-amino-alcohol motifs (C(OH)–C–C–N with tert-alkyl or cyclic N) is 1. The summed E-state index contributed by atoms with van der Waals surface area (Å²) in [6, 6.07) is 6.07. The molecule has 9 heteroatoms. The Balaban J connectivity index is 1.69. The number of methoxy groups -OCH3 is 1. The summed E-state index contributed by atoms with van der Waals surface area (Å²) >= 11 is 0. The number of carbonyl (C=O) groups excluding carboxylic acids is 3. The first kappa shape index (κ1) is 28.8. The number of unbranched alkanes of at least 4 members (excludes halogenated alkanes) is 2. The van der Waals surface area contributed by atoms with Gasteiger partial charge in [0.15, 0.2) is 0 Å². The summed E-state index contributed by atoms with van der Waals surface area (Å²) in [5.41, 5.74) is -1.44. The van der Waals surface area contributed by atoms with E-state index in [0.29, 0.717) is 37.1 Å². The molecule has 2 amide bonds. The number of aliphatic hydroxyl groups excluding tert-OH is 1. The maximum absolute atomic E-state index is 14.4. The van der Waals surface area contributed by atoms with Crippen LogP contribution in [0.3, 0.4) is 0 Å². The van der Waals surface area contributed by atoms with Gasteiger partial charge in [-0.2, -0.15) is 0 Å². The average molecular weight is 541 g/mol. The van der Waals surface area contributed by atoms with Crippen LogP contribution in [0, 0.1) is 11.8 Å². The van der Waals surface area contributed by atoms with E-state index in [1.54, 1.807) is 42.4 Å². The lowest BCUT2D eigenvalue weighted by molar-refractivity contribution is -0.161. The van der Waals surface area contributed by atoms with Gasteiger partial charge in [0.05, 0.1) is 31.8 Å². The van der Waals surface area contributed by atoms with Crippen molar-refractivity contribution in [3.05, 3.63) is 49.6 Å². The third-order valence-electron chi connectivity index (χ3n) is 8.52. The minimum Gasteiger partial charge on any atom is -0.497 e. The van der Waals surface area contributed by atoms with E-state index >= 15 is 0 Å². The van der Waals surface area contributed by atoms with Crippen LogP contribution in [0.4, 0.5) is 5.69 Å². The molecule has 1 aromatic carbocycles. The number of amides is 2. The Bertz CT molecular complexity index is 1090. The molecular formula is C30H40N2O7. The predicted octanol–water partition coefficient (Wildman–Crippen LogP) is 3.26. The van der Waals surface area contributed by atoms with Crippen LogP contribution in [0.2, 0.25) is 0 Å². The highest BCUT2D eigenvalue weighted by Gasteiger charge is 2.79. The molecule has 1 N–H and O–H groups in total. The van der Waals surface area contributed by atoms with E-state index in [-0.39, 0.29) is 38.1 Å². The van der Waals surface area contributed by atoms with Gasteiger partial charge in [0, 0.05) is 18.8 Å². The molecule has 39 heavy (non-hydrogen) atoms. The van der Waals surface area contributed by atoms with Gasteiger partial charge in [-0.1, -0.05) is 19.1 Å². The second kappa shape index (κ2) is 11.9. The van der Waals surface area contributed by atoms with E-state index in [0.717, 1.165) is 12.8 Å². The maximum atomic E-state index is 14.4. The Labute approximate surface area is 230 Å². The molecule has 1 spiro atoms. The second-order valence-corrected chi connectivity index (χ2v) is 10.5. The Kier molecular flexibility index (Phi) is 8.81. The van der Waals surface area contributed by atoms with Gasteiger partial charge < -0.3 is 29.1 Å². The summed E-state index contributed by atoms with van der Waals surface area (Å²) in [6.07, 6.45) is 7.37. The van der Waals surface area contributed by atoms with Crippen LogP contribution < -0.4 is 9.64 Å². The minimum absolute atomic E-state index is 0.0379. The second-order valence-electron chi connectivity index (χ2n) is 10.5. The maximum Gasteiger partial charge on any atom is 0.312 e. The van der Waals surface area contributed by atoms with E-state index in [4.69, 9.17) is 14.2 Å². The highest BCUT2D eigenvalue weighted by molar-refractivity contribution is 6.04. The summed E-state index contributed by atoms with van der Waals surface area (Å²) < 4.78 is 17.7. The number of esters is 1. The molecule has 212 valence electrons. The Morgan fingerprint density at radius 1 is 1.21 bits per heavy atom. The SMILES string of the molecule is C=CCCCCOC(=O)[C@@H]1[C@H]2C(=O)N(CCO)C(C(=O)N(CC=C)c3ccc(OC)cc3)C23CC[C@@]1(CC)O3. The number of ether oxygens (including phenoxy) is 3. The number of likely N-dealkylation sites (tertiary alicyclic amines) is 1. The first-order valence-corrected chi connectivity index (χ1v) is 13.8. The van der Waals surface area contributed by atoms with E-state index in [1.165, 1.54) is 4.90 Å². The van der Waals surface area contributed by atoms with Gasteiger partial charge >= 0.3 is 5.97 Å². The molecule has 3 fully saturated rings. The number of fused-ring (bicyclic) bond motifs is 1. The fourth-order valence-corrected chi connectivity index (χ4v) is 6.72. The van der Waals surface area contributed by atoms with Crippen LogP contribution in [-0.4, -0.2) is 78.4 Å². The van der Waals surface area contributed by atoms with Crippen LogP contribution >= 0.6 is 0 Å². The molecule has 2 bridgehead atoms. The number of anilines is 1. The van der Waals surface area contributed by atoms with Crippen molar-refractivity contribution in [2.24, 2.45) is 11.8 Å². The summed E-state index contributed by atoms with van der Waals surface area (Å²) in [6.45, 7) is 9.58. The molecular weight excluding hydrogens is 500 g/mol. The Morgan fingerprint density at radius 3 is 2.56 bits per heavy atom. The molecule has 3 aliphatic rings. The van der Waals surface area contributed by atoms with E-state index in [9.17, 15) is 19.5 Å². The van der Waals surface area contributed by atoms with E-state index in [2.05, 4.69) is 13.2 Å². The topological polar surface area (TPSA) is 106 Å². The highest BCUT2D eigenvalue weighted by Crippen LogP contribution is 2.64. The minimum atomic E-state index is -1.18. The number of aliphatic hydroxyl groups is 1. The van der Waals surface area contributed by atoms with Crippen molar-refractivity contribution in [1.82, 2.24) is 4.90 Å². The molecule has 0 aromatic heterocycles. The van der Waals surface area contributed by atoms with Crippen molar-refractivity contribution in [3.8, 4) is 5.75 Å². The van der Waals surface area contributed by atoms with Crippen molar-refractivity contribution < 1.29 is 33.7 Å². The van der Waals surface area contributed by atoms with Crippen molar-refractivity contribution in [2.75, 3.05) is 38.3 Å². The van der Waals surface area contributed by atoms with Crippen LogP contribution in [0.1, 0.15) is 45.4 Å². The van der Waals surface area contributed by atoms with Crippen molar-refractivity contribution in [3.63, 3.8) is 0 Å². The zero-order valence-electron chi connectivity index (χ0n) is 23.0. The fraction of sp³-hybridized carbons (Fsp3) is 0.567. The van der Waals surface area contributed by atoms with Gasteiger partial charge in [0.1, 0.15) is 23.3 Å². The molecule has 2 unspecified atom stereocenters. The standard InChI is InChI=1S/C30H40N2O7/c1-5-8-9-10-20-38-28(36)24-23-26(34)32(18-19-33)25(30(23)16-15-29(24,7-3)39-30)27(35)31(17-6-2)21-11-13-22(37-4)14-12-21/h5-6,11-14,23-25,33H,1-2,7-10,15-20H2,3-4H3/t23-,24-,25?,29+,30?/m0/s1. The molecule has 5 atom stereocenters. The summed E-state index contributed by atoms with van der Waals surface area (Å²) in [7, 11) is 1.57. The van der Waals surface area contributed by atoms with Gasteiger partial charge in [-0.15, -0.1) is 13.2 Å². The highest BCUT2D eigenvalue weighted by atomic mass is 16.6. The number of carbonyl (C=O) groups is 3. The third kappa shape index (κ3) is 4.87. The molecule has 3 heterocycles. The van der Waals surface area contributed by atoms with Gasteiger partial charge in [-0.25, -0.2) is 0 Å². The number of allylic oxidation sites excluding steroid dienone is 1. The zero-order valence-corrected chi connectivity index (χ0v) is 23.0. The van der Waals surface area contributed by atoms with Crippen molar-refractivity contribution in [2.45, 2.75) is 62.7 Å². The van der Waals surface area contributed by atoms with E-state index < -0.39 is 35.0 Å². The van der Waals surface area contributed by atoms with Crippen LogP contribution in [0.25, 0.3) is 0 Å². The molecule has 9 nitrogen and oxygen atoms in total. The predicted molar refractivity (Wildman–Crippen MR) is 146 cm³/mol. The Hall–Kier alpha value is -3.17. The monoisotopic (exact) mass is 540 g/mol. The lowest BCUT2D eigenvalue weighted by Gasteiger charge is -2.36. The van der Waals surface area contributed by atoms with Crippen molar-refractivity contribution in [1.29, 1.82) is 0 Å². The lowest BCUT2D eigenvalue weighted by atomic mass is 9.65. The number of hydrogen-bond acceptors (Lipinski definition) is 7. The number of nitrogens with zero attached hydrogens (tertiary/aromatic N) is 2. The summed E-state index contributed by atoms with van der Waals surface area (Å²) in [4.78, 5) is 44.8. The zero-order chi connectivity index (χ0) is 28.2.